The van der Waals surface area contributed by atoms with Crippen LogP contribution >= 0.6 is 0 Å². The van der Waals surface area contributed by atoms with Gasteiger partial charge in [0.25, 0.3) is 10.1 Å². The summed E-state index contributed by atoms with van der Waals surface area (Å²) in [7, 11) is -5.93. The Hall–Kier alpha value is -0.653. The van der Waals surface area contributed by atoms with Crippen LogP contribution in [0.5, 0.6) is 0 Å². The Labute approximate surface area is 124 Å². The molecule has 1 aromatic rings. The summed E-state index contributed by atoms with van der Waals surface area (Å²) in [6.07, 6.45) is 0. The van der Waals surface area contributed by atoms with Crippen molar-refractivity contribution in [1.82, 2.24) is 0 Å². The molecule has 20 heavy (non-hydrogen) atoms. The lowest BCUT2D eigenvalue weighted by atomic mass is 10.2. The van der Waals surface area contributed by atoms with Gasteiger partial charge in [-0.05, 0) is 54.7 Å². The van der Waals surface area contributed by atoms with Crippen LogP contribution in [0.3, 0.4) is 0 Å². The second-order valence-corrected chi connectivity index (χ2v) is 12.5. The van der Waals surface area contributed by atoms with Crippen LogP contribution in [-0.2, 0) is 14.0 Å². The molecule has 0 atom stereocenters. The molecular weight excluding hydrogens is 288 g/mol. The maximum Gasteiger partial charge on any atom is 0.287 e. The van der Waals surface area contributed by atoms with Crippen LogP contribution in [0.25, 0.3) is 0 Å². The van der Waals surface area contributed by atoms with E-state index in [1.54, 1.807) is 12.1 Å². The molecule has 0 aliphatic rings. The SMILES string of the molecule is CC[Si](CC)(OS(=O)(=O)c1cc(C)cc(C)c1)C(C)C. The van der Waals surface area contributed by atoms with Crippen molar-refractivity contribution < 1.29 is 12.3 Å². The molecule has 0 fully saturated rings. The average Bonchev–Trinajstić information content (AvgIpc) is 2.34. The lowest BCUT2D eigenvalue weighted by molar-refractivity contribution is 0.466. The zero-order chi connectivity index (χ0) is 15.6. The maximum absolute atomic E-state index is 12.6. The first-order valence-electron chi connectivity index (χ1n) is 7.20. The zero-order valence-electron chi connectivity index (χ0n) is 13.4. The summed E-state index contributed by atoms with van der Waals surface area (Å²) < 4.78 is 31.0. The van der Waals surface area contributed by atoms with E-state index in [-0.39, 0.29) is 10.4 Å². The van der Waals surface area contributed by atoms with Crippen molar-refractivity contribution in [1.29, 1.82) is 0 Å². The lowest BCUT2D eigenvalue weighted by Crippen LogP contribution is -2.42. The van der Waals surface area contributed by atoms with Gasteiger partial charge in [0, 0.05) is 0 Å². The Morgan fingerprint density at radius 1 is 1.05 bits per heavy atom. The lowest BCUT2D eigenvalue weighted by Gasteiger charge is -2.32. The van der Waals surface area contributed by atoms with E-state index in [1.807, 2.05) is 33.8 Å². The molecule has 1 aromatic carbocycles. The Balaban J connectivity index is 3.23. The van der Waals surface area contributed by atoms with E-state index in [0.29, 0.717) is 0 Å². The molecule has 0 aliphatic heterocycles. The molecule has 114 valence electrons. The smallest absolute Gasteiger partial charge is 0.287 e. The molecule has 0 aliphatic carbocycles. The van der Waals surface area contributed by atoms with Gasteiger partial charge in [0.2, 0.25) is 8.32 Å². The minimum atomic E-state index is -3.67. The Morgan fingerprint density at radius 3 is 1.85 bits per heavy atom. The van der Waals surface area contributed by atoms with Crippen molar-refractivity contribution in [2.45, 2.75) is 64.1 Å². The van der Waals surface area contributed by atoms with Crippen LogP contribution in [0, 0.1) is 13.8 Å². The summed E-state index contributed by atoms with van der Waals surface area (Å²) in [5.41, 5.74) is 2.16. The molecule has 0 unspecified atom stereocenters. The van der Waals surface area contributed by atoms with Crippen molar-refractivity contribution in [3.05, 3.63) is 29.3 Å². The topological polar surface area (TPSA) is 43.4 Å². The van der Waals surface area contributed by atoms with Crippen LogP contribution in [0.1, 0.15) is 38.8 Å². The third kappa shape index (κ3) is 3.71. The fraction of sp³-hybridized carbons (Fsp3) is 0.600. The molecule has 0 saturated heterocycles. The summed E-state index contributed by atoms with van der Waals surface area (Å²) in [6, 6.07) is 6.96. The van der Waals surface area contributed by atoms with Crippen LogP contribution in [-0.4, -0.2) is 16.7 Å². The fourth-order valence-corrected chi connectivity index (χ4v) is 9.26. The van der Waals surface area contributed by atoms with Gasteiger partial charge < -0.3 is 3.87 Å². The fourth-order valence-electron chi connectivity index (χ4n) is 2.62. The highest BCUT2D eigenvalue weighted by atomic mass is 32.2. The molecular formula is C15H26O3SSi. The predicted octanol–water partition coefficient (Wildman–Crippen LogP) is 4.40. The van der Waals surface area contributed by atoms with E-state index in [2.05, 4.69) is 13.8 Å². The molecule has 0 radical (unpaired) electrons. The van der Waals surface area contributed by atoms with Gasteiger partial charge in [-0.1, -0.05) is 33.8 Å². The maximum atomic E-state index is 12.6. The highest BCUT2D eigenvalue weighted by Crippen LogP contribution is 2.33. The van der Waals surface area contributed by atoms with Crippen molar-refractivity contribution in [3.8, 4) is 0 Å². The third-order valence-corrected chi connectivity index (χ3v) is 11.5. The predicted molar refractivity (Wildman–Crippen MR) is 86.0 cm³/mol. The van der Waals surface area contributed by atoms with Gasteiger partial charge in [-0.2, -0.15) is 8.42 Å². The Kier molecular flexibility index (Phi) is 5.58. The summed E-state index contributed by atoms with van der Waals surface area (Å²) in [6.45, 7) is 12.0. The molecule has 3 nitrogen and oxygen atoms in total. The second-order valence-electron chi connectivity index (χ2n) is 5.79. The first-order valence-corrected chi connectivity index (χ1v) is 11.0. The van der Waals surface area contributed by atoms with Gasteiger partial charge in [-0.15, -0.1) is 0 Å². The van der Waals surface area contributed by atoms with Gasteiger partial charge in [0.15, 0.2) is 0 Å². The van der Waals surface area contributed by atoms with Crippen LogP contribution in [0.4, 0.5) is 0 Å². The van der Waals surface area contributed by atoms with E-state index in [4.69, 9.17) is 3.87 Å². The molecule has 0 bridgehead atoms. The standard InChI is InChI=1S/C15H26O3SSi/c1-7-20(8-2,12(3)4)18-19(16,17)15-10-13(5)9-14(6)11-15/h9-12H,7-8H2,1-6H3. The molecule has 0 N–H and O–H groups in total. The molecule has 0 spiro atoms. The van der Waals surface area contributed by atoms with Gasteiger partial charge in [0.05, 0.1) is 4.90 Å². The van der Waals surface area contributed by atoms with Gasteiger partial charge >= 0.3 is 0 Å². The monoisotopic (exact) mass is 314 g/mol. The molecule has 0 heterocycles. The summed E-state index contributed by atoms with van der Waals surface area (Å²) in [4.78, 5) is 0.287. The van der Waals surface area contributed by atoms with Gasteiger partial charge in [0.1, 0.15) is 0 Å². The quantitative estimate of drug-likeness (QED) is 0.731. The first-order chi connectivity index (χ1) is 9.16. The van der Waals surface area contributed by atoms with E-state index >= 15 is 0 Å². The van der Waals surface area contributed by atoms with Gasteiger partial charge in [-0.3, -0.25) is 0 Å². The van der Waals surface area contributed by atoms with Crippen LogP contribution in [0.2, 0.25) is 17.6 Å². The minimum absolute atomic E-state index is 0.276. The third-order valence-electron chi connectivity index (χ3n) is 4.01. The number of benzene rings is 1. The highest BCUT2D eigenvalue weighted by Gasteiger charge is 2.40. The van der Waals surface area contributed by atoms with Crippen molar-refractivity contribution >= 4 is 18.4 Å². The van der Waals surface area contributed by atoms with Crippen molar-refractivity contribution in [2.75, 3.05) is 0 Å². The first kappa shape index (κ1) is 17.4. The van der Waals surface area contributed by atoms with E-state index in [0.717, 1.165) is 23.2 Å². The molecule has 0 aromatic heterocycles. The highest BCUT2D eigenvalue weighted by molar-refractivity contribution is 7.87. The number of hydrogen-bond donors (Lipinski definition) is 0. The van der Waals surface area contributed by atoms with Crippen molar-refractivity contribution in [3.63, 3.8) is 0 Å². The minimum Gasteiger partial charge on any atom is -0.311 e. The van der Waals surface area contributed by atoms with Crippen LogP contribution < -0.4 is 0 Å². The number of aryl methyl sites for hydroxylation is 2. The van der Waals surface area contributed by atoms with Gasteiger partial charge in [-0.25, -0.2) is 0 Å². The van der Waals surface area contributed by atoms with E-state index in [1.165, 1.54) is 0 Å². The Bertz CT molecular complexity index is 540. The molecule has 0 saturated carbocycles. The summed E-state index contributed by atoms with van der Waals surface area (Å²) >= 11 is 0. The summed E-state index contributed by atoms with van der Waals surface area (Å²) in [5, 5.41) is 0. The second kappa shape index (κ2) is 6.41. The van der Waals surface area contributed by atoms with Crippen molar-refractivity contribution in [2.24, 2.45) is 0 Å². The number of rotatable bonds is 6. The summed E-state index contributed by atoms with van der Waals surface area (Å²) in [5.74, 6) is 0. The van der Waals surface area contributed by atoms with E-state index in [9.17, 15) is 8.42 Å². The Morgan fingerprint density at radius 2 is 1.50 bits per heavy atom. The average molecular weight is 315 g/mol. The largest absolute Gasteiger partial charge is 0.311 e. The normalized spacial score (nSPS) is 12.9. The molecule has 1 rings (SSSR count). The molecule has 0 amide bonds. The zero-order valence-corrected chi connectivity index (χ0v) is 15.2. The molecule has 5 heteroatoms. The van der Waals surface area contributed by atoms with Crippen LogP contribution in [0.15, 0.2) is 23.1 Å². The van der Waals surface area contributed by atoms with E-state index < -0.39 is 18.4 Å². The number of hydrogen-bond acceptors (Lipinski definition) is 3.